The minimum absolute atomic E-state index is 0.220. The molecule has 0 saturated carbocycles. The van der Waals surface area contributed by atoms with Crippen molar-refractivity contribution in [3.05, 3.63) is 84.4 Å². The second-order valence-corrected chi connectivity index (χ2v) is 4.60. The van der Waals surface area contributed by atoms with Crippen molar-refractivity contribution in [2.75, 3.05) is 0 Å². The summed E-state index contributed by atoms with van der Waals surface area (Å²) in [5.41, 5.74) is 10.5. The Morgan fingerprint density at radius 1 is 0.800 bits per heavy atom. The first-order valence-corrected chi connectivity index (χ1v) is 6.51. The van der Waals surface area contributed by atoms with Gasteiger partial charge in [0.15, 0.2) is 0 Å². The Morgan fingerprint density at radius 2 is 1.50 bits per heavy atom. The average Bonchev–Trinajstić information content (AvgIpc) is 2.56. The summed E-state index contributed by atoms with van der Waals surface area (Å²) in [4.78, 5) is 8.11. The number of hydrogen-bond acceptors (Lipinski definition) is 3. The van der Waals surface area contributed by atoms with E-state index >= 15 is 0 Å². The van der Waals surface area contributed by atoms with Gasteiger partial charge in [0.05, 0.1) is 11.7 Å². The summed E-state index contributed by atoms with van der Waals surface area (Å²) in [5.74, 6) is 0. The number of rotatable bonds is 3. The van der Waals surface area contributed by atoms with E-state index in [1.807, 2.05) is 24.3 Å². The molecule has 0 amide bonds. The van der Waals surface area contributed by atoms with Gasteiger partial charge < -0.3 is 5.73 Å². The minimum Gasteiger partial charge on any atom is -0.319 e. The van der Waals surface area contributed by atoms with Crippen LogP contribution in [0.3, 0.4) is 0 Å². The molecule has 3 aromatic rings. The Hall–Kier alpha value is -2.52. The van der Waals surface area contributed by atoms with Gasteiger partial charge in [-0.3, -0.25) is 0 Å². The second-order valence-electron chi connectivity index (χ2n) is 4.60. The fraction of sp³-hybridized carbons (Fsp3) is 0.0588. The molecule has 3 heteroatoms. The number of benzene rings is 2. The lowest BCUT2D eigenvalue weighted by atomic mass is 9.99. The van der Waals surface area contributed by atoms with Crippen molar-refractivity contribution in [2.45, 2.75) is 6.04 Å². The molecule has 1 atom stereocenters. The van der Waals surface area contributed by atoms with Crippen LogP contribution < -0.4 is 5.73 Å². The van der Waals surface area contributed by atoms with Crippen LogP contribution in [0.4, 0.5) is 0 Å². The van der Waals surface area contributed by atoms with Gasteiger partial charge >= 0.3 is 0 Å². The lowest BCUT2D eigenvalue weighted by Crippen LogP contribution is -2.13. The van der Waals surface area contributed by atoms with Crippen LogP contribution in [0.15, 0.2) is 73.2 Å². The maximum absolute atomic E-state index is 6.21. The molecule has 2 aromatic carbocycles. The van der Waals surface area contributed by atoms with Crippen LogP contribution in [0, 0.1) is 0 Å². The monoisotopic (exact) mass is 261 g/mol. The van der Waals surface area contributed by atoms with Crippen LogP contribution in [0.5, 0.6) is 0 Å². The van der Waals surface area contributed by atoms with Crippen LogP contribution in [-0.4, -0.2) is 9.97 Å². The number of aromatic nitrogens is 2. The van der Waals surface area contributed by atoms with E-state index < -0.39 is 0 Å². The Labute approximate surface area is 118 Å². The maximum atomic E-state index is 6.21. The summed E-state index contributed by atoms with van der Waals surface area (Å²) in [6.45, 7) is 0. The first kappa shape index (κ1) is 12.5. The summed E-state index contributed by atoms with van der Waals surface area (Å²) in [5, 5.41) is 0. The third-order valence-corrected chi connectivity index (χ3v) is 3.30. The van der Waals surface area contributed by atoms with E-state index in [1.54, 1.807) is 6.20 Å². The Bertz CT molecular complexity index is 664. The third kappa shape index (κ3) is 2.58. The summed E-state index contributed by atoms with van der Waals surface area (Å²) in [6, 6.07) is 20.2. The second kappa shape index (κ2) is 5.63. The van der Waals surface area contributed by atoms with E-state index in [4.69, 9.17) is 5.73 Å². The largest absolute Gasteiger partial charge is 0.319 e. The van der Waals surface area contributed by atoms with E-state index in [2.05, 4.69) is 46.4 Å². The predicted octanol–water partition coefficient (Wildman–Crippen LogP) is 3.19. The van der Waals surface area contributed by atoms with Gasteiger partial charge in [0.2, 0.25) is 0 Å². The molecule has 1 heterocycles. The minimum atomic E-state index is -0.220. The van der Waals surface area contributed by atoms with E-state index in [1.165, 1.54) is 17.5 Å². The highest BCUT2D eigenvalue weighted by Crippen LogP contribution is 2.23. The average molecular weight is 261 g/mol. The lowest BCUT2D eigenvalue weighted by molar-refractivity contribution is 0.820. The maximum Gasteiger partial charge on any atom is 0.115 e. The fourth-order valence-electron chi connectivity index (χ4n) is 2.17. The molecule has 0 spiro atoms. The van der Waals surface area contributed by atoms with Crippen molar-refractivity contribution in [1.82, 2.24) is 9.97 Å². The summed E-state index contributed by atoms with van der Waals surface area (Å²) >= 11 is 0. The Kier molecular flexibility index (Phi) is 3.52. The summed E-state index contributed by atoms with van der Waals surface area (Å²) < 4.78 is 0. The van der Waals surface area contributed by atoms with E-state index in [-0.39, 0.29) is 6.04 Å². The van der Waals surface area contributed by atoms with Crippen molar-refractivity contribution in [2.24, 2.45) is 5.73 Å². The zero-order valence-corrected chi connectivity index (χ0v) is 11.0. The van der Waals surface area contributed by atoms with Gasteiger partial charge in [-0.15, -0.1) is 0 Å². The highest BCUT2D eigenvalue weighted by atomic mass is 14.8. The topological polar surface area (TPSA) is 51.8 Å². The highest BCUT2D eigenvalue weighted by molar-refractivity contribution is 5.63. The van der Waals surface area contributed by atoms with Crippen molar-refractivity contribution in [3.8, 4) is 11.1 Å². The quantitative estimate of drug-likeness (QED) is 0.787. The van der Waals surface area contributed by atoms with Gasteiger partial charge in [-0.1, -0.05) is 54.6 Å². The van der Waals surface area contributed by atoms with Gasteiger partial charge in [-0.2, -0.15) is 0 Å². The molecule has 1 unspecified atom stereocenters. The lowest BCUT2D eigenvalue weighted by Gasteiger charge is -2.11. The van der Waals surface area contributed by atoms with Gasteiger partial charge in [-0.25, -0.2) is 9.97 Å². The number of nitrogens with two attached hydrogens (primary N) is 1. The normalized spacial score (nSPS) is 12.1. The molecule has 98 valence electrons. The molecule has 0 aliphatic heterocycles. The standard InChI is InChI=1S/C17H15N3/c18-17(16-10-11-19-12-20-16)15-8-6-14(7-9-15)13-4-2-1-3-5-13/h1-12,17H,18H2. The molecular formula is C17H15N3. The van der Waals surface area contributed by atoms with E-state index in [9.17, 15) is 0 Å². The Balaban J connectivity index is 1.87. The molecular weight excluding hydrogens is 246 g/mol. The van der Waals surface area contributed by atoms with Crippen LogP contribution in [-0.2, 0) is 0 Å². The van der Waals surface area contributed by atoms with Crippen LogP contribution in [0.1, 0.15) is 17.3 Å². The van der Waals surface area contributed by atoms with Gasteiger partial charge in [-0.05, 0) is 22.8 Å². The first-order chi connectivity index (χ1) is 9.84. The number of nitrogens with zero attached hydrogens (tertiary/aromatic N) is 2. The van der Waals surface area contributed by atoms with Crippen molar-refractivity contribution in [3.63, 3.8) is 0 Å². The molecule has 1 aromatic heterocycles. The summed E-state index contributed by atoms with van der Waals surface area (Å²) in [7, 11) is 0. The zero-order chi connectivity index (χ0) is 13.8. The SMILES string of the molecule is NC(c1ccc(-c2ccccc2)cc1)c1ccncn1. The van der Waals surface area contributed by atoms with Gasteiger partial charge in [0, 0.05) is 6.20 Å². The van der Waals surface area contributed by atoms with Crippen LogP contribution in [0.2, 0.25) is 0 Å². The Morgan fingerprint density at radius 3 is 2.15 bits per heavy atom. The molecule has 0 radical (unpaired) electrons. The van der Waals surface area contributed by atoms with Crippen molar-refractivity contribution >= 4 is 0 Å². The van der Waals surface area contributed by atoms with E-state index in [0.717, 1.165) is 11.3 Å². The van der Waals surface area contributed by atoms with Crippen molar-refractivity contribution in [1.29, 1.82) is 0 Å². The molecule has 20 heavy (non-hydrogen) atoms. The summed E-state index contributed by atoms with van der Waals surface area (Å²) in [6.07, 6.45) is 3.23. The van der Waals surface area contributed by atoms with Crippen molar-refractivity contribution < 1.29 is 0 Å². The zero-order valence-electron chi connectivity index (χ0n) is 11.0. The molecule has 0 bridgehead atoms. The molecule has 0 saturated heterocycles. The molecule has 3 nitrogen and oxygen atoms in total. The highest BCUT2D eigenvalue weighted by Gasteiger charge is 2.09. The first-order valence-electron chi connectivity index (χ1n) is 6.51. The predicted molar refractivity (Wildman–Crippen MR) is 79.9 cm³/mol. The molecule has 2 N–H and O–H groups in total. The molecule has 0 aliphatic rings. The van der Waals surface area contributed by atoms with Crippen LogP contribution >= 0.6 is 0 Å². The van der Waals surface area contributed by atoms with Gasteiger partial charge in [0.25, 0.3) is 0 Å². The van der Waals surface area contributed by atoms with Crippen LogP contribution in [0.25, 0.3) is 11.1 Å². The molecule has 3 rings (SSSR count). The third-order valence-electron chi connectivity index (χ3n) is 3.30. The smallest absolute Gasteiger partial charge is 0.115 e. The van der Waals surface area contributed by atoms with Gasteiger partial charge in [0.1, 0.15) is 6.33 Å². The van der Waals surface area contributed by atoms with E-state index in [0.29, 0.717) is 0 Å². The molecule has 0 aliphatic carbocycles. The fourth-order valence-corrected chi connectivity index (χ4v) is 2.17. The molecule has 0 fully saturated rings. The number of hydrogen-bond donors (Lipinski definition) is 1.